The van der Waals surface area contributed by atoms with Crippen molar-refractivity contribution in [3.05, 3.63) is 41.1 Å². The largest absolute Gasteiger partial charge is 0.497 e. The van der Waals surface area contributed by atoms with E-state index in [2.05, 4.69) is 33.5 Å². The minimum atomic E-state index is 0.577. The molecule has 2 N–H and O–H groups in total. The number of hydrogen-bond donors (Lipinski definition) is 2. The number of pyridine rings is 1. The molecule has 2 aromatic heterocycles. The predicted molar refractivity (Wildman–Crippen MR) is 90.2 cm³/mol. The fourth-order valence-corrected chi connectivity index (χ4v) is 2.71. The molecular weight excluding hydrogens is 292 g/mol. The van der Waals surface area contributed by atoms with E-state index in [-0.39, 0.29) is 0 Å². The van der Waals surface area contributed by atoms with Gasteiger partial charge in [0, 0.05) is 17.8 Å². The third-order valence-electron chi connectivity index (χ3n) is 3.79. The fourth-order valence-electron chi connectivity index (χ4n) is 2.71. The number of rotatable bonds is 5. The fraction of sp³-hybridized carbons (Fsp3) is 0.294. The first-order valence-electron chi connectivity index (χ1n) is 7.39. The second-order valence-electron chi connectivity index (χ2n) is 5.41. The first-order valence-corrected chi connectivity index (χ1v) is 7.39. The van der Waals surface area contributed by atoms with Crippen LogP contribution in [0.1, 0.15) is 16.8 Å². The van der Waals surface area contributed by atoms with Gasteiger partial charge in [-0.15, -0.1) is 0 Å². The van der Waals surface area contributed by atoms with Crippen molar-refractivity contribution in [1.29, 1.82) is 0 Å². The first kappa shape index (κ1) is 15.1. The van der Waals surface area contributed by atoms with E-state index in [0.29, 0.717) is 6.54 Å². The molecule has 0 radical (unpaired) electrons. The number of nitrogens with zero attached hydrogens (tertiary/aromatic N) is 2. The van der Waals surface area contributed by atoms with Crippen LogP contribution in [-0.2, 0) is 6.54 Å². The number of ether oxygens (including phenoxy) is 2. The van der Waals surface area contributed by atoms with Crippen molar-refractivity contribution in [2.24, 2.45) is 0 Å². The van der Waals surface area contributed by atoms with E-state index >= 15 is 0 Å². The summed E-state index contributed by atoms with van der Waals surface area (Å²) < 4.78 is 10.7. The Morgan fingerprint density at radius 1 is 1.13 bits per heavy atom. The van der Waals surface area contributed by atoms with Gasteiger partial charge in [0.15, 0.2) is 11.5 Å². The molecule has 3 aromatic rings. The van der Waals surface area contributed by atoms with E-state index in [0.717, 1.165) is 45.2 Å². The molecule has 0 amide bonds. The zero-order chi connectivity index (χ0) is 16.4. The molecule has 1 aromatic carbocycles. The maximum atomic E-state index is 5.41. The highest BCUT2D eigenvalue weighted by Gasteiger charge is 2.11. The van der Waals surface area contributed by atoms with Gasteiger partial charge in [0.1, 0.15) is 11.5 Å². The number of fused-ring (bicyclic) bond motifs is 1. The van der Waals surface area contributed by atoms with Gasteiger partial charge < -0.3 is 14.8 Å². The molecule has 0 unspecified atom stereocenters. The standard InChI is InChI=1S/C17H20N4O2/c1-10-7-11(2)19-17-15(10)16(20-21-17)18-9-12-8-13(22-3)5-6-14(12)23-4/h5-8H,9H2,1-4H3,(H2,18,19,20,21). The number of nitrogens with one attached hydrogen (secondary N) is 2. The van der Waals surface area contributed by atoms with E-state index in [1.165, 1.54) is 0 Å². The molecule has 0 bridgehead atoms. The Hall–Kier alpha value is -2.76. The average Bonchev–Trinajstić information content (AvgIpc) is 2.95. The van der Waals surface area contributed by atoms with E-state index in [9.17, 15) is 0 Å². The van der Waals surface area contributed by atoms with Crippen molar-refractivity contribution >= 4 is 16.9 Å². The number of aromatic amines is 1. The lowest BCUT2D eigenvalue weighted by Crippen LogP contribution is -2.03. The molecule has 0 aliphatic heterocycles. The maximum absolute atomic E-state index is 5.41. The van der Waals surface area contributed by atoms with Gasteiger partial charge in [0.2, 0.25) is 0 Å². The Kier molecular flexibility index (Phi) is 4.06. The lowest BCUT2D eigenvalue weighted by atomic mass is 10.1. The smallest absolute Gasteiger partial charge is 0.157 e. The highest BCUT2D eigenvalue weighted by molar-refractivity contribution is 5.90. The molecule has 0 aliphatic carbocycles. The number of hydrogen-bond acceptors (Lipinski definition) is 5. The van der Waals surface area contributed by atoms with Crippen LogP contribution in [0.15, 0.2) is 24.3 Å². The predicted octanol–water partition coefficient (Wildman–Crippen LogP) is 3.20. The van der Waals surface area contributed by atoms with E-state index < -0.39 is 0 Å². The molecule has 0 saturated heterocycles. The Labute approximate surface area is 134 Å². The number of aryl methyl sites for hydroxylation is 2. The highest BCUT2D eigenvalue weighted by atomic mass is 16.5. The van der Waals surface area contributed by atoms with Crippen molar-refractivity contribution in [3.63, 3.8) is 0 Å². The number of aromatic nitrogens is 3. The number of methoxy groups -OCH3 is 2. The Bertz CT molecular complexity index is 842. The SMILES string of the molecule is COc1ccc(OC)c(CNc2n[nH]c3nc(C)cc(C)c23)c1. The van der Waals surface area contributed by atoms with E-state index in [1.54, 1.807) is 14.2 Å². The van der Waals surface area contributed by atoms with Crippen molar-refractivity contribution in [2.75, 3.05) is 19.5 Å². The number of anilines is 1. The van der Waals surface area contributed by atoms with Gasteiger partial charge in [0.25, 0.3) is 0 Å². The Morgan fingerprint density at radius 2 is 1.96 bits per heavy atom. The summed E-state index contributed by atoms with van der Waals surface area (Å²) >= 11 is 0. The van der Waals surface area contributed by atoms with Crippen LogP contribution in [0.5, 0.6) is 11.5 Å². The normalized spacial score (nSPS) is 10.8. The van der Waals surface area contributed by atoms with Crippen LogP contribution in [0.25, 0.3) is 11.0 Å². The topological polar surface area (TPSA) is 72.1 Å². The maximum Gasteiger partial charge on any atom is 0.157 e. The molecule has 0 atom stereocenters. The number of benzene rings is 1. The van der Waals surface area contributed by atoms with Gasteiger partial charge in [-0.3, -0.25) is 5.10 Å². The highest BCUT2D eigenvalue weighted by Crippen LogP contribution is 2.27. The first-order chi connectivity index (χ1) is 11.1. The monoisotopic (exact) mass is 312 g/mol. The van der Waals surface area contributed by atoms with Crippen molar-refractivity contribution in [1.82, 2.24) is 15.2 Å². The summed E-state index contributed by atoms with van der Waals surface area (Å²) in [5.74, 6) is 2.39. The second kappa shape index (κ2) is 6.16. The summed E-state index contributed by atoms with van der Waals surface area (Å²) in [4.78, 5) is 4.47. The van der Waals surface area contributed by atoms with Crippen LogP contribution < -0.4 is 14.8 Å². The van der Waals surface area contributed by atoms with Crippen LogP contribution in [0.3, 0.4) is 0 Å². The molecule has 0 spiro atoms. The van der Waals surface area contributed by atoms with Gasteiger partial charge in [-0.2, -0.15) is 5.10 Å². The molecule has 6 nitrogen and oxygen atoms in total. The van der Waals surface area contributed by atoms with Crippen molar-refractivity contribution < 1.29 is 9.47 Å². The summed E-state index contributed by atoms with van der Waals surface area (Å²) in [6.45, 7) is 4.61. The molecule has 0 saturated carbocycles. The summed E-state index contributed by atoms with van der Waals surface area (Å²) in [5, 5.41) is 11.7. The lowest BCUT2D eigenvalue weighted by molar-refractivity contribution is 0.399. The van der Waals surface area contributed by atoms with E-state index in [1.807, 2.05) is 25.1 Å². The quantitative estimate of drug-likeness (QED) is 0.757. The van der Waals surface area contributed by atoms with Crippen molar-refractivity contribution in [3.8, 4) is 11.5 Å². The van der Waals surface area contributed by atoms with Crippen LogP contribution >= 0.6 is 0 Å². The van der Waals surface area contributed by atoms with Crippen LogP contribution in [0.2, 0.25) is 0 Å². The van der Waals surface area contributed by atoms with Gasteiger partial charge >= 0.3 is 0 Å². The summed E-state index contributed by atoms with van der Waals surface area (Å²) in [7, 11) is 3.31. The van der Waals surface area contributed by atoms with E-state index in [4.69, 9.17) is 9.47 Å². The Morgan fingerprint density at radius 3 is 2.70 bits per heavy atom. The third kappa shape index (κ3) is 2.92. The Balaban J connectivity index is 1.89. The molecule has 6 heteroatoms. The van der Waals surface area contributed by atoms with Gasteiger partial charge in [-0.05, 0) is 43.7 Å². The molecule has 120 valence electrons. The minimum absolute atomic E-state index is 0.577. The van der Waals surface area contributed by atoms with Crippen LogP contribution in [0.4, 0.5) is 5.82 Å². The number of H-pyrrole nitrogens is 1. The molecular formula is C17H20N4O2. The lowest BCUT2D eigenvalue weighted by Gasteiger charge is -2.11. The van der Waals surface area contributed by atoms with Gasteiger partial charge in [0.05, 0.1) is 19.6 Å². The minimum Gasteiger partial charge on any atom is -0.497 e. The van der Waals surface area contributed by atoms with Crippen LogP contribution in [-0.4, -0.2) is 29.4 Å². The third-order valence-corrected chi connectivity index (χ3v) is 3.79. The molecule has 3 rings (SSSR count). The van der Waals surface area contributed by atoms with Crippen molar-refractivity contribution in [2.45, 2.75) is 20.4 Å². The van der Waals surface area contributed by atoms with Gasteiger partial charge in [-0.25, -0.2) is 4.98 Å². The second-order valence-corrected chi connectivity index (χ2v) is 5.41. The molecule has 2 heterocycles. The molecule has 0 aliphatic rings. The zero-order valence-corrected chi connectivity index (χ0v) is 13.7. The zero-order valence-electron chi connectivity index (χ0n) is 13.7. The van der Waals surface area contributed by atoms with Crippen LogP contribution in [0, 0.1) is 13.8 Å². The average molecular weight is 312 g/mol. The molecule has 0 fully saturated rings. The molecule has 23 heavy (non-hydrogen) atoms. The summed E-state index contributed by atoms with van der Waals surface area (Å²) in [6.07, 6.45) is 0. The summed E-state index contributed by atoms with van der Waals surface area (Å²) in [6, 6.07) is 7.78. The van der Waals surface area contributed by atoms with Gasteiger partial charge in [-0.1, -0.05) is 0 Å². The summed E-state index contributed by atoms with van der Waals surface area (Å²) in [5.41, 5.74) is 3.91.